The molecule has 1 saturated heterocycles. The fraction of sp³-hybridized carbons (Fsp3) is 0.625. The number of hydrogen-bond acceptors (Lipinski definition) is 4. The van der Waals surface area contributed by atoms with Crippen LogP contribution in [-0.2, 0) is 11.3 Å². The maximum absolute atomic E-state index is 13.1. The molecule has 1 aliphatic heterocycles. The van der Waals surface area contributed by atoms with Crippen molar-refractivity contribution in [1.29, 1.82) is 0 Å². The van der Waals surface area contributed by atoms with Gasteiger partial charge in [-0.15, -0.1) is 0 Å². The van der Waals surface area contributed by atoms with Crippen LogP contribution in [0, 0.1) is 12.8 Å². The monoisotopic (exact) mass is 316 g/mol. The number of aromatic nitrogens is 5. The molecule has 0 saturated carbocycles. The molecular formula is C16H24N6O. The Hall–Kier alpha value is -2.18. The van der Waals surface area contributed by atoms with E-state index in [4.69, 9.17) is 0 Å². The lowest BCUT2D eigenvalue weighted by molar-refractivity contribution is -0.137. The Morgan fingerprint density at radius 1 is 1.39 bits per heavy atom. The van der Waals surface area contributed by atoms with Crippen LogP contribution in [0.5, 0.6) is 0 Å². The number of likely N-dealkylation sites (tertiary alicyclic amines) is 1. The molecular weight excluding hydrogens is 292 g/mol. The molecule has 2 atom stereocenters. The van der Waals surface area contributed by atoms with Gasteiger partial charge in [0.2, 0.25) is 5.91 Å². The maximum atomic E-state index is 13.1. The number of hydrogen-bond donors (Lipinski definition) is 0. The first-order valence-electron chi connectivity index (χ1n) is 8.20. The highest BCUT2D eigenvalue weighted by Crippen LogP contribution is 2.26. The Morgan fingerprint density at radius 2 is 2.22 bits per heavy atom. The second-order valence-corrected chi connectivity index (χ2v) is 6.63. The van der Waals surface area contributed by atoms with Gasteiger partial charge in [0.1, 0.15) is 18.7 Å². The molecule has 2 aromatic heterocycles. The number of aryl methyl sites for hydroxylation is 1. The Labute approximate surface area is 136 Å². The van der Waals surface area contributed by atoms with Crippen LogP contribution in [0.4, 0.5) is 0 Å². The minimum atomic E-state index is -0.294. The molecule has 2 unspecified atom stereocenters. The van der Waals surface area contributed by atoms with Crippen LogP contribution < -0.4 is 0 Å². The molecule has 7 heteroatoms. The fourth-order valence-corrected chi connectivity index (χ4v) is 3.33. The van der Waals surface area contributed by atoms with Crippen molar-refractivity contribution in [3.05, 3.63) is 30.6 Å². The SMILES string of the molecule is Cc1cnn(CC2CCCN2C(=O)C(C(C)C)n2cncn2)c1. The molecule has 1 fully saturated rings. The van der Waals surface area contributed by atoms with Crippen LogP contribution in [0.1, 0.15) is 38.3 Å². The van der Waals surface area contributed by atoms with Gasteiger partial charge in [-0.2, -0.15) is 10.2 Å². The van der Waals surface area contributed by atoms with Gasteiger partial charge in [-0.3, -0.25) is 9.48 Å². The summed E-state index contributed by atoms with van der Waals surface area (Å²) in [7, 11) is 0. The number of carbonyl (C=O) groups excluding carboxylic acids is 1. The Bertz CT molecular complexity index is 647. The second kappa shape index (κ2) is 6.52. The van der Waals surface area contributed by atoms with Gasteiger partial charge >= 0.3 is 0 Å². The highest BCUT2D eigenvalue weighted by atomic mass is 16.2. The van der Waals surface area contributed by atoms with Gasteiger partial charge in [0, 0.05) is 12.7 Å². The Kier molecular flexibility index (Phi) is 4.45. The highest BCUT2D eigenvalue weighted by Gasteiger charge is 2.36. The van der Waals surface area contributed by atoms with Crippen molar-refractivity contribution in [2.45, 2.75) is 52.2 Å². The van der Waals surface area contributed by atoms with Crippen LogP contribution in [0.15, 0.2) is 25.0 Å². The van der Waals surface area contributed by atoms with E-state index in [9.17, 15) is 4.79 Å². The summed E-state index contributed by atoms with van der Waals surface area (Å²) in [4.78, 5) is 19.1. The first kappa shape index (κ1) is 15.7. The van der Waals surface area contributed by atoms with Crippen LogP contribution >= 0.6 is 0 Å². The Balaban J connectivity index is 1.76. The zero-order valence-corrected chi connectivity index (χ0v) is 14.0. The van der Waals surface area contributed by atoms with Gasteiger partial charge in [-0.25, -0.2) is 9.67 Å². The predicted molar refractivity (Wildman–Crippen MR) is 85.6 cm³/mol. The van der Waals surface area contributed by atoms with E-state index >= 15 is 0 Å². The third-order valence-corrected chi connectivity index (χ3v) is 4.43. The molecule has 3 heterocycles. The van der Waals surface area contributed by atoms with Crippen molar-refractivity contribution in [3.63, 3.8) is 0 Å². The summed E-state index contributed by atoms with van der Waals surface area (Å²) in [6.07, 6.45) is 9.05. The first-order valence-corrected chi connectivity index (χ1v) is 8.20. The molecule has 0 bridgehead atoms. The predicted octanol–water partition coefficient (Wildman–Crippen LogP) is 1.67. The topological polar surface area (TPSA) is 68.8 Å². The number of rotatable bonds is 5. The van der Waals surface area contributed by atoms with Gasteiger partial charge < -0.3 is 4.90 Å². The third kappa shape index (κ3) is 3.28. The molecule has 1 aliphatic rings. The summed E-state index contributed by atoms with van der Waals surface area (Å²) < 4.78 is 3.62. The molecule has 0 aliphatic carbocycles. The van der Waals surface area contributed by atoms with E-state index in [-0.39, 0.29) is 23.9 Å². The lowest BCUT2D eigenvalue weighted by atomic mass is 10.0. The van der Waals surface area contributed by atoms with Crippen LogP contribution in [0.2, 0.25) is 0 Å². The molecule has 7 nitrogen and oxygen atoms in total. The van der Waals surface area contributed by atoms with Crippen LogP contribution in [0.3, 0.4) is 0 Å². The molecule has 0 spiro atoms. The number of carbonyl (C=O) groups is 1. The summed E-state index contributed by atoms with van der Waals surface area (Å²) in [6.45, 7) is 7.68. The van der Waals surface area contributed by atoms with E-state index < -0.39 is 0 Å². The van der Waals surface area contributed by atoms with Crippen molar-refractivity contribution in [1.82, 2.24) is 29.4 Å². The molecule has 124 valence electrons. The van der Waals surface area contributed by atoms with Crippen molar-refractivity contribution in [3.8, 4) is 0 Å². The van der Waals surface area contributed by atoms with Crippen molar-refractivity contribution < 1.29 is 4.79 Å². The Morgan fingerprint density at radius 3 is 2.83 bits per heavy atom. The maximum Gasteiger partial charge on any atom is 0.248 e. The average Bonchev–Trinajstić information content (AvgIpc) is 3.21. The van der Waals surface area contributed by atoms with Gasteiger partial charge in [-0.1, -0.05) is 13.8 Å². The zero-order valence-electron chi connectivity index (χ0n) is 14.0. The van der Waals surface area contributed by atoms with E-state index in [1.165, 1.54) is 6.33 Å². The fourth-order valence-electron chi connectivity index (χ4n) is 3.33. The van der Waals surface area contributed by atoms with Gasteiger partial charge in [0.15, 0.2) is 0 Å². The molecule has 0 N–H and O–H groups in total. The molecule has 0 radical (unpaired) electrons. The second-order valence-electron chi connectivity index (χ2n) is 6.63. The lowest BCUT2D eigenvalue weighted by Crippen LogP contribution is -2.44. The molecule has 23 heavy (non-hydrogen) atoms. The third-order valence-electron chi connectivity index (χ3n) is 4.43. The van der Waals surface area contributed by atoms with Crippen molar-refractivity contribution in [2.24, 2.45) is 5.92 Å². The van der Waals surface area contributed by atoms with Crippen molar-refractivity contribution in [2.75, 3.05) is 6.54 Å². The van der Waals surface area contributed by atoms with E-state index in [0.717, 1.165) is 31.5 Å². The first-order chi connectivity index (χ1) is 11.1. The summed E-state index contributed by atoms with van der Waals surface area (Å²) in [5.41, 5.74) is 1.14. The van der Waals surface area contributed by atoms with Gasteiger partial charge in [0.05, 0.1) is 18.8 Å². The minimum Gasteiger partial charge on any atom is -0.336 e. The minimum absolute atomic E-state index is 0.136. The van der Waals surface area contributed by atoms with Crippen LogP contribution in [0.25, 0.3) is 0 Å². The van der Waals surface area contributed by atoms with Crippen molar-refractivity contribution >= 4 is 5.91 Å². The standard InChI is InChI=1S/C16H24N6O/c1-12(2)15(22-11-17-10-19-22)16(23)21-6-4-5-14(21)9-20-8-13(3)7-18-20/h7-8,10-12,14-15H,4-6,9H2,1-3H3. The van der Waals surface area contributed by atoms with E-state index in [1.54, 1.807) is 11.0 Å². The molecule has 0 aromatic carbocycles. The summed E-state index contributed by atoms with van der Waals surface area (Å²) in [5.74, 6) is 0.300. The number of amides is 1. The van der Waals surface area contributed by atoms with E-state index in [2.05, 4.69) is 15.2 Å². The van der Waals surface area contributed by atoms with Gasteiger partial charge in [0.25, 0.3) is 0 Å². The smallest absolute Gasteiger partial charge is 0.248 e. The van der Waals surface area contributed by atoms with Gasteiger partial charge in [-0.05, 0) is 31.2 Å². The highest BCUT2D eigenvalue weighted by molar-refractivity contribution is 5.81. The largest absolute Gasteiger partial charge is 0.336 e. The normalized spacial score (nSPS) is 19.5. The quantitative estimate of drug-likeness (QED) is 0.841. The molecule has 3 rings (SSSR count). The lowest BCUT2D eigenvalue weighted by Gasteiger charge is -2.30. The average molecular weight is 316 g/mol. The van der Waals surface area contributed by atoms with E-state index in [1.807, 2.05) is 42.7 Å². The summed E-state index contributed by atoms with van der Waals surface area (Å²) in [5, 5.41) is 8.54. The zero-order chi connectivity index (χ0) is 16.4. The van der Waals surface area contributed by atoms with Crippen LogP contribution in [-0.4, -0.2) is 47.9 Å². The number of nitrogens with zero attached hydrogens (tertiary/aromatic N) is 6. The molecule has 1 amide bonds. The van der Waals surface area contributed by atoms with E-state index in [0.29, 0.717) is 0 Å². The molecule has 2 aromatic rings. The summed E-state index contributed by atoms with van der Waals surface area (Å²) >= 11 is 0. The summed E-state index contributed by atoms with van der Waals surface area (Å²) in [6, 6.07) is -0.0935.